The van der Waals surface area contributed by atoms with Gasteiger partial charge in [-0.3, -0.25) is 0 Å². The van der Waals surface area contributed by atoms with Gasteiger partial charge >= 0.3 is 6.03 Å². The summed E-state index contributed by atoms with van der Waals surface area (Å²) in [6.07, 6.45) is 2.19. The third kappa shape index (κ3) is 4.98. The summed E-state index contributed by atoms with van der Waals surface area (Å²) in [5.41, 5.74) is 3.30. The Bertz CT molecular complexity index is 1060. The van der Waals surface area contributed by atoms with E-state index in [4.69, 9.17) is 19.4 Å². The third-order valence-electron chi connectivity index (χ3n) is 7.25. The second-order valence-electron chi connectivity index (χ2n) is 9.84. The number of carbonyl (C=O) groups is 1. The summed E-state index contributed by atoms with van der Waals surface area (Å²) in [5.74, 6) is 1.64. The number of benzene rings is 1. The molecule has 9 nitrogen and oxygen atoms in total. The lowest BCUT2D eigenvalue weighted by molar-refractivity contribution is -0.0405. The molecule has 1 aromatic carbocycles. The van der Waals surface area contributed by atoms with Crippen LogP contribution >= 0.6 is 0 Å². The fraction of sp³-hybridized carbons (Fsp3) is 0.577. The lowest BCUT2D eigenvalue weighted by Crippen LogP contribution is -2.44. The maximum atomic E-state index is 11.9. The van der Waals surface area contributed by atoms with E-state index in [1.807, 2.05) is 31.2 Å². The van der Waals surface area contributed by atoms with Crippen molar-refractivity contribution in [3.05, 3.63) is 35.5 Å². The summed E-state index contributed by atoms with van der Waals surface area (Å²) < 4.78 is 12.1. The minimum absolute atomic E-state index is 0.215. The van der Waals surface area contributed by atoms with E-state index in [0.717, 1.165) is 47.8 Å². The minimum Gasteiger partial charge on any atom is -0.377 e. The molecular weight excluding hydrogens is 444 g/mol. The fourth-order valence-corrected chi connectivity index (χ4v) is 4.96. The van der Waals surface area contributed by atoms with Crippen LogP contribution in [0.3, 0.4) is 0 Å². The van der Waals surface area contributed by atoms with Crippen LogP contribution in [-0.4, -0.2) is 72.9 Å². The van der Waals surface area contributed by atoms with Crippen LogP contribution in [0.2, 0.25) is 0 Å². The number of carbonyl (C=O) groups excluding carboxylic acids is 1. The predicted molar refractivity (Wildman–Crippen MR) is 136 cm³/mol. The average Bonchev–Trinajstić information content (AvgIpc) is 3.15. The van der Waals surface area contributed by atoms with Crippen LogP contribution in [0.4, 0.5) is 16.3 Å². The van der Waals surface area contributed by atoms with E-state index < -0.39 is 5.60 Å². The zero-order chi connectivity index (χ0) is 24.4. The highest BCUT2D eigenvalue weighted by molar-refractivity contribution is 5.89. The number of likely N-dealkylation sites (tertiary alicyclic amines) is 1. The number of amides is 2. The van der Waals surface area contributed by atoms with Gasteiger partial charge in [0, 0.05) is 36.4 Å². The van der Waals surface area contributed by atoms with Crippen molar-refractivity contribution in [3.63, 3.8) is 0 Å². The topological polar surface area (TPSA) is 91.9 Å². The van der Waals surface area contributed by atoms with E-state index in [0.29, 0.717) is 32.2 Å². The molecule has 4 heterocycles. The van der Waals surface area contributed by atoms with Gasteiger partial charge in [-0.25, -0.2) is 14.8 Å². The van der Waals surface area contributed by atoms with Crippen molar-refractivity contribution in [2.75, 3.05) is 56.2 Å². The van der Waals surface area contributed by atoms with Gasteiger partial charge in [-0.05, 0) is 71.0 Å². The van der Waals surface area contributed by atoms with Crippen molar-refractivity contribution in [1.82, 2.24) is 20.2 Å². The molecule has 35 heavy (non-hydrogen) atoms. The Labute approximate surface area is 207 Å². The second kappa shape index (κ2) is 10.1. The summed E-state index contributed by atoms with van der Waals surface area (Å²) in [5, 5.41) is 5.59. The van der Waals surface area contributed by atoms with Crippen molar-refractivity contribution in [3.8, 4) is 11.4 Å². The summed E-state index contributed by atoms with van der Waals surface area (Å²) in [6.45, 7) is 12.9. The van der Waals surface area contributed by atoms with Gasteiger partial charge < -0.3 is 29.9 Å². The summed E-state index contributed by atoms with van der Waals surface area (Å²) in [7, 11) is 0. The van der Waals surface area contributed by atoms with Crippen LogP contribution < -0.4 is 15.5 Å². The Morgan fingerprint density at radius 3 is 2.69 bits per heavy atom. The molecule has 2 aromatic rings. The smallest absolute Gasteiger partial charge is 0.319 e. The number of nitrogens with zero attached hydrogens (tertiary/aromatic N) is 4. The number of hydrogen-bond acceptors (Lipinski definition) is 7. The maximum Gasteiger partial charge on any atom is 0.319 e. The van der Waals surface area contributed by atoms with Crippen LogP contribution in [0.5, 0.6) is 0 Å². The summed E-state index contributed by atoms with van der Waals surface area (Å²) in [4.78, 5) is 26.8. The van der Waals surface area contributed by atoms with Gasteiger partial charge in [0.25, 0.3) is 0 Å². The number of aromatic nitrogens is 2. The molecule has 2 amide bonds. The first-order valence-corrected chi connectivity index (χ1v) is 12.7. The van der Waals surface area contributed by atoms with Gasteiger partial charge in [0.05, 0.1) is 31.6 Å². The van der Waals surface area contributed by atoms with Gasteiger partial charge in [-0.2, -0.15) is 0 Å². The largest absolute Gasteiger partial charge is 0.377 e. The highest BCUT2D eigenvalue weighted by Crippen LogP contribution is 2.43. The van der Waals surface area contributed by atoms with Gasteiger partial charge in [-0.15, -0.1) is 0 Å². The molecule has 0 aliphatic carbocycles. The van der Waals surface area contributed by atoms with E-state index in [1.54, 1.807) is 0 Å². The fourth-order valence-electron chi connectivity index (χ4n) is 4.96. The van der Waals surface area contributed by atoms with Crippen molar-refractivity contribution in [1.29, 1.82) is 0 Å². The number of hydrogen-bond donors (Lipinski definition) is 2. The van der Waals surface area contributed by atoms with Crippen LogP contribution in [0.1, 0.15) is 44.9 Å². The number of morpholine rings is 1. The molecule has 1 aromatic heterocycles. The van der Waals surface area contributed by atoms with Crippen LogP contribution in [-0.2, 0) is 21.7 Å². The first kappa shape index (κ1) is 24.0. The van der Waals surface area contributed by atoms with Gasteiger partial charge in [0.2, 0.25) is 0 Å². The van der Waals surface area contributed by atoms with Crippen LogP contribution in [0, 0.1) is 0 Å². The van der Waals surface area contributed by atoms with Crippen molar-refractivity contribution in [2.24, 2.45) is 0 Å². The average molecular weight is 481 g/mol. The molecule has 188 valence electrons. The van der Waals surface area contributed by atoms with E-state index in [2.05, 4.69) is 34.3 Å². The SMILES string of the molecule is CCNC(=O)Nc1ccc(-c2nc(N3CCOCC3C)c3c(n2)C(C)(CCN2CCC2)OC3)cc1. The number of rotatable bonds is 7. The van der Waals surface area contributed by atoms with Crippen LogP contribution in [0.15, 0.2) is 24.3 Å². The number of nitrogens with one attached hydrogen (secondary N) is 2. The molecule has 3 aliphatic rings. The Morgan fingerprint density at radius 2 is 2.00 bits per heavy atom. The van der Waals surface area contributed by atoms with E-state index >= 15 is 0 Å². The third-order valence-corrected chi connectivity index (χ3v) is 7.25. The Balaban J connectivity index is 1.48. The number of urea groups is 1. The Kier molecular flexibility index (Phi) is 6.91. The molecule has 9 heteroatoms. The van der Waals surface area contributed by atoms with Gasteiger partial charge in [-0.1, -0.05) is 0 Å². The zero-order valence-corrected chi connectivity index (χ0v) is 21.0. The molecule has 3 aliphatic heterocycles. The van der Waals surface area contributed by atoms with E-state index in [-0.39, 0.29) is 12.1 Å². The Morgan fingerprint density at radius 1 is 1.20 bits per heavy atom. The Hall–Kier alpha value is -2.75. The molecule has 2 saturated heterocycles. The number of anilines is 2. The molecule has 2 atom stereocenters. The summed E-state index contributed by atoms with van der Waals surface area (Å²) >= 11 is 0. The highest BCUT2D eigenvalue weighted by Gasteiger charge is 2.41. The molecule has 5 rings (SSSR count). The van der Waals surface area contributed by atoms with Crippen LogP contribution in [0.25, 0.3) is 11.4 Å². The molecule has 2 N–H and O–H groups in total. The highest BCUT2D eigenvalue weighted by atomic mass is 16.5. The van der Waals surface area contributed by atoms with Crippen molar-refractivity contribution >= 4 is 17.5 Å². The molecule has 2 unspecified atom stereocenters. The molecule has 0 radical (unpaired) electrons. The molecular formula is C26H36N6O3. The number of ether oxygens (including phenoxy) is 2. The van der Waals surface area contributed by atoms with Gasteiger partial charge in [0.15, 0.2) is 5.82 Å². The predicted octanol–water partition coefficient (Wildman–Crippen LogP) is 3.35. The number of fused-ring (bicyclic) bond motifs is 1. The second-order valence-corrected chi connectivity index (χ2v) is 9.84. The maximum absolute atomic E-state index is 11.9. The normalized spacial score (nSPS) is 24.1. The van der Waals surface area contributed by atoms with E-state index in [9.17, 15) is 4.79 Å². The summed E-state index contributed by atoms with van der Waals surface area (Å²) in [6, 6.07) is 7.71. The lowest BCUT2D eigenvalue weighted by Gasteiger charge is -2.36. The minimum atomic E-state index is -0.438. The van der Waals surface area contributed by atoms with Gasteiger partial charge in [0.1, 0.15) is 11.4 Å². The van der Waals surface area contributed by atoms with Crippen molar-refractivity contribution < 1.29 is 14.3 Å². The zero-order valence-electron chi connectivity index (χ0n) is 21.0. The standard InChI is InChI=1S/C26H36N6O3/c1-4-27-25(33)28-20-8-6-19(7-9-20)23-29-22-21(24(30-23)32-14-15-34-16-18(32)2)17-35-26(22,3)10-13-31-11-5-12-31/h6-9,18H,4-5,10-17H2,1-3H3,(H2,27,28,33). The first-order chi connectivity index (χ1) is 17.0. The molecule has 0 saturated carbocycles. The first-order valence-electron chi connectivity index (χ1n) is 12.7. The quantitative estimate of drug-likeness (QED) is 0.628. The molecule has 0 spiro atoms. The van der Waals surface area contributed by atoms with Crippen molar-refractivity contribution in [2.45, 2.75) is 51.9 Å². The molecule has 2 fully saturated rings. The molecule has 0 bridgehead atoms. The van der Waals surface area contributed by atoms with E-state index in [1.165, 1.54) is 19.5 Å². The lowest BCUT2D eigenvalue weighted by atomic mass is 9.95. The monoisotopic (exact) mass is 480 g/mol.